The smallest absolute Gasteiger partial charge is 0.139 e. The molecule has 1 N–H and O–H groups in total. The molecule has 4 heteroatoms. The van der Waals surface area contributed by atoms with E-state index < -0.39 is 0 Å². The molecule has 2 saturated carbocycles. The van der Waals surface area contributed by atoms with Crippen molar-refractivity contribution in [3.63, 3.8) is 0 Å². The van der Waals surface area contributed by atoms with Crippen LogP contribution in [-0.4, -0.2) is 16.3 Å². The molecule has 0 spiro atoms. The fraction of sp³-hybridized carbons (Fsp3) is 0.812. The van der Waals surface area contributed by atoms with Crippen LogP contribution in [0.3, 0.4) is 0 Å². The fourth-order valence-corrected chi connectivity index (χ4v) is 5.25. The van der Waals surface area contributed by atoms with Gasteiger partial charge in [-0.1, -0.05) is 25.7 Å². The van der Waals surface area contributed by atoms with E-state index >= 15 is 0 Å². The Morgan fingerprint density at radius 1 is 1.00 bits per heavy atom. The molecular weight excluding hydrogens is 314 g/mol. The molecular formula is C16H24BrN3. The number of hydrogen-bond donors (Lipinski definition) is 1. The quantitative estimate of drug-likeness (QED) is 0.835. The van der Waals surface area contributed by atoms with E-state index in [1.54, 1.807) is 0 Å². The first-order valence-corrected chi connectivity index (χ1v) is 9.15. The Hall–Kier alpha value is -0.510. The average Bonchev–Trinajstić information content (AvgIpc) is 3.19. The number of anilines is 1. The molecule has 20 heavy (non-hydrogen) atoms. The first-order valence-electron chi connectivity index (χ1n) is 8.36. The van der Waals surface area contributed by atoms with Gasteiger partial charge in [0.15, 0.2) is 0 Å². The Bertz CT molecular complexity index is 484. The second kappa shape index (κ2) is 5.36. The van der Waals surface area contributed by atoms with Crippen LogP contribution in [0.5, 0.6) is 0 Å². The molecule has 0 amide bonds. The first kappa shape index (κ1) is 13.2. The van der Waals surface area contributed by atoms with Gasteiger partial charge in [0.1, 0.15) is 5.82 Å². The second-order valence-corrected chi connectivity index (χ2v) is 7.59. The van der Waals surface area contributed by atoms with Gasteiger partial charge in [-0.15, -0.1) is 0 Å². The molecule has 4 rings (SSSR count). The molecule has 1 aliphatic heterocycles. The number of halogens is 1. The van der Waals surface area contributed by atoms with Crippen molar-refractivity contribution < 1.29 is 0 Å². The largest absolute Gasteiger partial charge is 0.369 e. The zero-order valence-corrected chi connectivity index (χ0v) is 13.7. The molecule has 0 bridgehead atoms. The minimum atomic E-state index is 0.639. The third kappa shape index (κ3) is 2.11. The van der Waals surface area contributed by atoms with Crippen molar-refractivity contribution in [2.24, 2.45) is 5.92 Å². The van der Waals surface area contributed by atoms with Gasteiger partial charge >= 0.3 is 0 Å². The molecule has 1 atom stereocenters. The summed E-state index contributed by atoms with van der Waals surface area (Å²) in [5.41, 5.74) is 1.33. The Morgan fingerprint density at radius 2 is 1.70 bits per heavy atom. The summed E-state index contributed by atoms with van der Waals surface area (Å²) >= 11 is 3.84. The van der Waals surface area contributed by atoms with E-state index in [1.165, 1.54) is 73.8 Å². The zero-order valence-electron chi connectivity index (χ0n) is 12.1. The van der Waals surface area contributed by atoms with E-state index in [2.05, 4.69) is 25.9 Å². The summed E-state index contributed by atoms with van der Waals surface area (Å²) in [5, 5.41) is 8.65. The fourth-order valence-electron chi connectivity index (χ4n) is 4.53. The van der Waals surface area contributed by atoms with E-state index in [1.807, 2.05) is 0 Å². The zero-order chi connectivity index (χ0) is 13.5. The lowest BCUT2D eigenvalue weighted by atomic mass is 9.94. The van der Waals surface area contributed by atoms with Gasteiger partial charge in [-0.05, 0) is 54.0 Å². The molecule has 1 aromatic rings. The highest BCUT2D eigenvalue weighted by Gasteiger charge is 2.34. The summed E-state index contributed by atoms with van der Waals surface area (Å²) in [7, 11) is 0. The predicted molar refractivity (Wildman–Crippen MR) is 85.2 cm³/mol. The normalized spacial score (nSPS) is 27.8. The molecule has 3 aliphatic rings. The molecule has 3 nitrogen and oxygen atoms in total. The third-order valence-electron chi connectivity index (χ3n) is 5.61. The maximum Gasteiger partial charge on any atom is 0.139 e. The number of fused-ring (bicyclic) bond motifs is 1. The van der Waals surface area contributed by atoms with Gasteiger partial charge in [-0.25, -0.2) is 4.68 Å². The van der Waals surface area contributed by atoms with E-state index in [0.717, 1.165) is 12.5 Å². The molecule has 0 aromatic carbocycles. The highest BCUT2D eigenvalue weighted by molar-refractivity contribution is 9.10. The SMILES string of the molecule is Brc1c(C2CCCC2)nn2c1NCCC2C1CCCC1. The van der Waals surface area contributed by atoms with Crippen molar-refractivity contribution >= 4 is 21.7 Å². The predicted octanol–water partition coefficient (Wildman–Crippen LogP) is 4.85. The van der Waals surface area contributed by atoms with Crippen molar-refractivity contribution in [2.75, 3.05) is 11.9 Å². The maximum absolute atomic E-state index is 5.07. The van der Waals surface area contributed by atoms with E-state index in [0.29, 0.717) is 12.0 Å². The van der Waals surface area contributed by atoms with Crippen LogP contribution in [0.1, 0.15) is 75.4 Å². The molecule has 1 unspecified atom stereocenters. The lowest BCUT2D eigenvalue weighted by Crippen LogP contribution is -2.28. The van der Waals surface area contributed by atoms with Gasteiger partial charge in [0.2, 0.25) is 0 Å². The van der Waals surface area contributed by atoms with Crippen molar-refractivity contribution in [3.8, 4) is 0 Å². The monoisotopic (exact) mass is 337 g/mol. The number of aromatic nitrogens is 2. The summed E-state index contributed by atoms with van der Waals surface area (Å²) in [6.07, 6.45) is 12.3. The van der Waals surface area contributed by atoms with Gasteiger partial charge in [0, 0.05) is 12.5 Å². The molecule has 0 saturated heterocycles. The van der Waals surface area contributed by atoms with Crippen LogP contribution >= 0.6 is 15.9 Å². The van der Waals surface area contributed by atoms with Crippen LogP contribution in [0.25, 0.3) is 0 Å². The van der Waals surface area contributed by atoms with Gasteiger partial charge in [0.05, 0.1) is 16.2 Å². The Labute approximate surface area is 129 Å². The standard InChI is InChI=1S/C16H24BrN3/c17-14-15(12-7-3-4-8-12)19-20-13(9-10-18-16(14)20)11-5-1-2-6-11/h11-13,18H,1-10H2. The summed E-state index contributed by atoms with van der Waals surface area (Å²) in [5.74, 6) is 2.81. The first-order chi connectivity index (χ1) is 9.84. The van der Waals surface area contributed by atoms with Crippen LogP contribution in [0.4, 0.5) is 5.82 Å². The van der Waals surface area contributed by atoms with Crippen LogP contribution in [-0.2, 0) is 0 Å². The number of hydrogen-bond acceptors (Lipinski definition) is 2. The van der Waals surface area contributed by atoms with Crippen molar-refractivity contribution in [2.45, 2.75) is 69.7 Å². The van der Waals surface area contributed by atoms with E-state index in [9.17, 15) is 0 Å². The van der Waals surface area contributed by atoms with Gasteiger partial charge in [0.25, 0.3) is 0 Å². The third-order valence-corrected chi connectivity index (χ3v) is 6.39. The molecule has 2 heterocycles. The number of rotatable bonds is 2. The van der Waals surface area contributed by atoms with Crippen molar-refractivity contribution in [3.05, 3.63) is 10.2 Å². The van der Waals surface area contributed by atoms with E-state index in [-0.39, 0.29) is 0 Å². The van der Waals surface area contributed by atoms with Crippen molar-refractivity contribution in [1.82, 2.24) is 9.78 Å². The van der Waals surface area contributed by atoms with Crippen LogP contribution in [0, 0.1) is 5.92 Å². The second-order valence-electron chi connectivity index (χ2n) is 6.80. The van der Waals surface area contributed by atoms with E-state index in [4.69, 9.17) is 5.10 Å². The van der Waals surface area contributed by atoms with Crippen molar-refractivity contribution in [1.29, 1.82) is 0 Å². The van der Waals surface area contributed by atoms with Crippen LogP contribution in [0.2, 0.25) is 0 Å². The maximum atomic E-state index is 5.07. The van der Waals surface area contributed by atoms with Crippen LogP contribution < -0.4 is 5.32 Å². The summed E-state index contributed by atoms with van der Waals surface area (Å²) in [6, 6.07) is 0.639. The molecule has 2 aliphatic carbocycles. The summed E-state index contributed by atoms with van der Waals surface area (Å²) in [4.78, 5) is 0. The molecule has 2 fully saturated rings. The Kier molecular flexibility index (Phi) is 3.53. The van der Waals surface area contributed by atoms with Crippen LogP contribution in [0.15, 0.2) is 4.47 Å². The number of nitrogens with one attached hydrogen (secondary N) is 1. The highest BCUT2D eigenvalue weighted by atomic mass is 79.9. The van der Waals surface area contributed by atoms with Gasteiger partial charge in [-0.3, -0.25) is 0 Å². The Morgan fingerprint density at radius 3 is 2.45 bits per heavy atom. The number of nitrogens with zero attached hydrogens (tertiary/aromatic N) is 2. The minimum absolute atomic E-state index is 0.639. The topological polar surface area (TPSA) is 29.9 Å². The Balaban J connectivity index is 1.68. The summed E-state index contributed by atoms with van der Waals surface area (Å²) < 4.78 is 3.60. The lowest BCUT2D eigenvalue weighted by Gasteiger charge is -2.30. The average molecular weight is 338 g/mol. The highest BCUT2D eigenvalue weighted by Crippen LogP contribution is 2.45. The van der Waals surface area contributed by atoms with Gasteiger partial charge in [-0.2, -0.15) is 5.10 Å². The molecule has 110 valence electrons. The minimum Gasteiger partial charge on any atom is -0.369 e. The molecule has 0 radical (unpaired) electrons. The lowest BCUT2D eigenvalue weighted by molar-refractivity contribution is 0.288. The summed E-state index contributed by atoms with van der Waals surface area (Å²) in [6.45, 7) is 1.11. The molecule has 1 aromatic heterocycles. The van der Waals surface area contributed by atoms with Gasteiger partial charge < -0.3 is 5.32 Å².